The lowest BCUT2D eigenvalue weighted by atomic mass is 9.95. The van der Waals surface area contributed by atoms with Crippen molar-refractivity contribution in [3.8, 4) is 0 Å². The number of hydrogen-bond acceptors (Lipinski definition) is 3. The highest BCUT2D eigenvalue weighted by Gasteiger charge is 2.10. The quantitative estimate of drug-likeness (QED) is 0.701. The Labute approximate surface area is 115 Å². The molecule has 0 radical (unpaired) electrons. The van der Waals surface area contributed by atoms with Gasteiger partial charge in [0.25, 0.3) is 0 Å². The van der Waals surface area contributed by atoms with Crippen molar-refractivity contribution in [2.45, 2.75) is 26.2 Å². The summed E-state index contributed by atoms with van der Waals surface area (Å²) in [6.07, 6.45) is 6.94. The number of nitrogens with one attached hydrogen (secondary N) is 1. The first-order valence-electron chi connectivity index (χ1n) is 6.56. The zero-order chi connectivity index (χ0) is 13.2. The highest BCUT2D eigenvalue weighted by atomic mass is 35.5. The van der Waals surface area contributed by atoms with Crippen LogP contribution in [-0.4, -0.2) is 31.8 Å². The first-order chi connectivity index (χ1) is 8.77. The van der Waals surface area contributed by atoms with Crippen LogP contribution in [0.2, 0.25) is 5.02 Å². The third-order valence-corrected chi connectivity index (χ3v) is 3.32. The Kier molecular flexibility index (Phi) is 7.98. The average Bonchev–Trinajstić information content (AvgIpc) is 2.37. The molecule has 18 heavy (non-hydrogen) atoms. The molecule has 0 saturated carbocycles. The van der Waals surface area contributed by atoms with Crippen molar-refractivity contribution in [3.05, 3.63) is 29.0 Å². The van der Waals surface area contributed by atoms with Gasteiger partial charge in [0.2, 0.25) is 0 Å². The second-order valence-electron chi connectivity index (χ2n) is 4.52. The van der Waals surface area contributed by atoms with Crippen LogP contribution in [-0.2, 0) is 11.2 Å². The van der Waals surface area contributed by atoms with Crippen LogP contribution in [0, 0.1) is 5.92 Å². The third-order valence-electron chi connectivity index (χ3n) is 2.98. The van der Waals surface area contributed by atoms with Gasteiger partial charge in [0.05, 0.1) is 11.6 Å². The molecule has 0 aliphatic carbocycles. The molecule has 1 atom stereocenters. The van der Waals surface area contributed by atoms with E-state index in [1.807, 2.05) is 12.3 Å². The standard InChI is InChI=1S/C14H23ClN2O/c1-3-4-12(10-17-7-8-18-2)9-13-5-6-16-11-14(13)15/h5-6,11-12,17H,3-4,7-10H2,1-2H3. The first kappa shape index (κ1) is 15.4. The van der Waals surface area contributed by atoms with Gasteiger partial charge in [-0.15, -0.1) is 0 Å². The molecule has 0 spiro atoms. The van der Waals surface area contributed by atoms with Crippen LogP contribution >= 0.6 is 11.6 Å². The highest BCUT2D eigenvalue weighted by Crippen LogP contribution is 2.19. The second kappa shape index (κ2) is 9.31. The normalized spacial score (nSPS) is 12.6. The molecule has 0 fully saturated rings. The van der Waals surface area contributed by atoms with Crippen LogP contribution in [0.25, 0.3) is 0 Å². The van der Waals surface area contributed by atoms with E-state index in [0.717, 1.165) is 31.1 Å². The molecule has 1 unspecified atom stereocenters. The number of rotatable bonds is 9. The molecule has 102 valence electrons. The summed E-state index contributed by atoms with van der Waals surface area (Å²) in [7, 11) is 1.72. The van der Waals surface area contributed by atoms with Crippen molar-refractivity contribution in [2.24, 2.45) is 5.92 Å². The molecule has 3 nitrogen and oxygen atoms in total. The largest absolute Gasteiger partial charge is 0.383 e. The van der Waals surface area contributed by atoms with E-state index in [1.165, 1.54) is 18.4 Å². The van der Waals surface area contributed by atoms with Gasteiger partial charge in [0.15, 0.2) is 0 Å². The Hall–Kier alpha value is -0.640. The van der Waals surface area contributed by atoms with Crippen molar-refractivity contribution in [3.63, 3.8) is 0 Å². The fourth-order valence-corrected chi connectivity index (χ4v) is 2.24. The van der Waals surface area contributed by atoms with Gasteiger partial charge in [-0.25, -0.2) is 0 Å². The number of aromatic nitrogens is 1. The monoisotopic (exact) mass is 270 g/mol. The predicted octanol–water partition coefficient (Wildman–Crippen LogP) is 2.93. The maximum Gasteiger partial charge on any atom is 0.0621 e. The molecule has 0 bridgehead atoms. The second-order valence-corrected chi connectivity index (χ2v) is 4.93. The van der Waals surface area contributed by atoms with Crippen molar-refractivity contribution >= 4 is 11.6 Å². The van der Waals surface area contributed by atoms with E-state index in [4.69, 9.17) is 16.3 Å². The van der Waals surface area contributed by atoms with Gasteiger partial charge in [0, 0.05) is 26.0 Å². The molecule has 0 aliphatic rings. The lowest BCUT2D eigenvalue weighted by Crippen LogP contribution is -2.27. The Bertz CT molecular complexity index is 333. The van der Waals surface area contributed by atoms with Gasteiger partial charge < -0.3 is 10.1 Å². The smallest absolute Gasteiger partial charge is 0.0621 e. The van der Waals surface area contributed by atoms with Gasteiger partial charge >= 0.3 is 0 Å². The lowest BCUT2D eigenvalue weighted by Gasteiger charge is -2.17. The van der Waals surface area contributed by atoms with E-state index in [-0.39, 0.29) is 0 Å². The Morgan fingerprint density at radius 2 is 2.33 bits per heavy atom. The summed E-state index contributed by atoms with van der Waals surface area (Å²) >= 11 is 6.15. The average molecular weight is 271 g/mol. The molecule has 0 amide bonds. The molecule has 0 saturated heterocycles. The predicted molar refractivity (Wildman–Crippen MR) is 76.1 cm³/mol. The van der Waals surface area contributed by atoms with Crippen LogP contribution in [0.1, 0.15) is 25.3 Å². The molecular weight excluding hydrogens is 248 g/mol. The molecule has 1 rings (SSSR count). The Morgan fingerprint density at radius 3 is 3.00 bits per heavy atom. The summed E-state index contributed by atoms with van der Waals surface area (Å²) in [6.45, 7) is 4.89. The summed E-state index contributed by atoms with van der Waals surface area (Å²) in [5.41, 5.74) is 1.19. The number of methoxy groups -OCH3 is 1. The van der Waals surface area contributed by atoms with E-state index < -0.39 is 0 Å². The molecule has 1 aromatic heterocycles. The van der Waals surface area contributed by atoms with Crippen LogP contribution in [0.3, 0.4) is 0 Å². The molecule has 0 aromatic carbocycles. The molecular formula is C14H23ClN2O. The Morgan fingerprint density at radius 1 is 1.50 bits per heavy atom. The van der Waals surface area contributed by atoms with Crippen LogP contribution in [0.4, 0.5) is 0 Å². The third kappa shape index (κ3) is 5.80. The molecule has 1 heterocycles. The summed E-state index contributed by atoms with van der Waals surface area (Å²) in [4.78, 5) is 4.02. The number of ether oxygens (including phenoxy) is 1. The van der Waals surface area contributed by atoms with E-state index in [0.29, 0.717) is 5.92 Å². The van der Waals surface area contributed by atoms with Crippen molar-refractivity contribution < 1.29 is 4.74 Å². The number of hydrogen-bond donors (Lipinski definition) is 1. The molecule has 1 aromatic rings. The topological polar surface area (TPSA) is 34.1 Å². The van der Waals surface area contributed by atoms with Gasteiger partial charge in [-0.2, -0.15) is 0 Å². The number of halogens is 1. The van der Waals surface area contributed by atoms with Crippen LogP contribution in [0.15, 0.2) is 18.5 Å². The summed E-state index contributed by atoms with van der Waals surface area (Å²) in [5.74, 6) is 0.617. The number of nitrogens with zero attached hydrogens (tertiary/aromatic N) is 1. The minimum atomic E-state index is 0.617. The van der Waals surface area contributed by atoms with Gasteiger partial charge in [-0.3, -0.25) is 4.98 Å². The maximum absolute atomic E-state index is 6.15. The molecule has 4 heteroatoms. The SMILES string of the molecule is CCCC(CNCCOC)Cc1ccncc1Cl. The fraction of sp³-hybridized carbons (Fsp3) is 0.643. The summed E-state index contributed by atoms with van der Waals surface area (Å²) < 4.78 is 5.03. The van der Waals surface area contributed by atoms with Crippen LogP contribution in [0.5, 0.6) is 0 Å². The zero-order valence-electron chi connectivity index (χ0n) is 11.3. The van der Waals surface area contributed by atoms with E-state index in [1.54, 1.807) is 13.3 Å². The summed E-state index contributed by atoms with van der Waals surface area (Å²) in [6, 6.07) is 2.01. The Balaban J connectivity index is 2.44. The highest BCUT2D eigenvalue weighted by molar-refractivity contribution is 6.31. The molecule has 1 N–H and O–H groups in total. The van der Waals surface area contributed by atoms with Gasteiger partial charge in [0.1, 0.15) is 0 Å². The van der Waals surface area contributed by atoms with E-state index in [2.05, 4.69) is 17.2 Å². The number of pyridine rings is 1. The van der Waals surface area contributed by atoms with Gasteiger partial charge in [-0.05, 0) is 36.9 Å². The maximum atomic E-state index is 6.15. The summed E-state index contributed by atoms with van der Waals surface area (Å²) in [5, 5.41) is 4.20. The van der Waals surface area contributed by atoms with Crippen molar-refractivity contribution in [1.82, 2.24) is 10.3 Å². The van der Waals surface area contributed by atoms with Crippen LogP contribution < -0.4 is 5.32 Å². The van der Waals surface area contributed by atoms with Crippen molar-refractivity contribution in [1.29, 1.82) is 0 Å². The van der Waals surface area contributed by atoms with E-state index in [9.17, 15) is 0 Å². The minimum Gasteiger partial charge on any atom is -0.383 e. The lowest BCUT2D eigenvalue weighted by molar-refractivity contribution is 0.197. The fourth-order valence-electron chi connectivity index (χ4n) is 2.05. The van der Waals surface area contributed by atoms with Gasteiger partial charge in [-0.1, -0.05) is 24.9 Å². The first-order valence-corrected chi connectivity index (χ1v) is 6.93. The molecule has 0 aliphatic heterocycles. The van der Waals surface area contributed by atoms with Crippen molar-refractivity contribution in [2.75, 3.05) is 26.8 Å². The minimum absolute atomic E-state index is 0.617. The van der Waals surface area contributed by atoms with E-state index >= 15 is 0 Å². The zero-order valence-corrected chi connectivity index (χ0v) is 12.0.